The first-order chi connectivity index (χ1) is 12.6. The van der Waals surface area contributed by atoms with Crippen molar-refractivity contribution in [1.82, 2.24) is 0 Å². The summed E-state index contributed by atoms with van der Waals surface area (Å²) in [6.07, 6.45) is 0.162. The van der Waals surface area contributed by atoms with Crippen LogP contribution in [0.3, 0.4) is 0 Å². The Morgan fingerprint density at radius 1 is 1.19 bits per heavy atom. The van der Waals surface area contributed by atoms with Gasteiger partial charge in [-0.2, -0.15) is 0 Å². The van der Waals surface area contributed by atoms with E-state index in [0.717, 1.165) is 0 Å². The fraction of sp³-hybridized carbons (Fsp3) is 0.800. The Bertz CT molecular complexity index is 789. The number of fused-ring (bicyclic) bond motifs is 1. The molecule has 0 aromatic heterocycles. The highest BCUT2D eigenvalue weighted by atomic mass is 16.6. The van der Waals surface area contributed by atoms with Gasteiger partial charge in [-0.3, -0.25) is 4.79 Å². The zero-order valence-corrected chi connectivity index (χ0v) is 15.8. The highest BCUT2D eigenvalue weighted by molar-refractivity contribution is 6.00. The predicted octanol–water partition coefficient (Wildman–Crippen LogP) is 0.876. The van der Waals surface area contributed by atoms with Crippen molar-refractivity contribution < 1.29 is 34.4 Å². The van der Waals surface area contributed by atoms with Gasteiger partial charge in [-0.15, -0.1) is 0 Å². The fourth-order valence-electron chi connectivity index (χ4n) is 6.93. The Morgan fingerprint density at radius 2 is 1.89 bits per heavy atom. The summed E-state index contributed by atoms with van der Waals surface area (Å²) in [5, 5.41) is 32.0. The van der Waals surface area contributed by atoms with Crippen molar-refractivity contribution >= 4 is 11.8 Å². The van der Waals surface area contributed by atoms with Crippen LogP contribution in [0.2, 0.25) is 0 Å². The maximum absolute atomic E-state index is 13.3. The highest BCUT2D eigenvalue weighted by Crippen LogP contribution is 2.73. The molecule has 2 spiro atoms. The molecule has 3 aliphatic heterocycles. The molecule has 27 heavy (non-hydrogen) atoms. The van der Waals surface area contributed by atoms with Crippen LogP contribution in [-0.4, -0.2) is 56.6 Å². The summed E-state index contributed by atoms with van der Waals surface area (Å²) in [6.45, 7) is 5.15. The molecule has 5 fully saturated rings. The van der Waals surface area contributed by atoms with Crippen molar-refractivity contribution in [3.8, 4) is 0 Å². The van der Waals surface area contributed by atoms with Crippen LogP contribution >= 0.6 is 0 Å². The molecule has 3 saturated heterocycles. The first-order valence-corrected chi connectivity index (χ1v) is 9.83. The third-order valence-corrected chi connectivity index (χ3v) is 8.25. The van der Waals surface area contributed by atoms with Gasteiger partial charge in [0.2, 0.25) is 0 Å². The van der Waals surface area contributed by atoms with Gasteiger partial charge in [0.05, 0.1) is 17.6 Å². The van der Waals surface area contributed by atoms with E-state index in [1.165, 1.54) is 0 Å². The normalized spacial score (nSPS) is 56.0. The second-order valence-electron chi connectivity index (χ2n) is 9.42. The van der Waals surface area contributed by atoms with E-state index >= 15 is 0 Å². The van der Waals surface area contributed by atoms with Crippen LogP contribution in [-0.2, 0) is 19.1 Å². The van der Waals surface area contributed by atoms with Crippen LogP contribution in [0.5, 0.6) is 0 Å². The maximum atomic E-state index is 13.3. The Labute approximate surface area is 157 Å². The summed E-state index contributed by atoms with van der Waals surface area (Å²) in [7, 11) is 0. The molecule has 3 heterocycles. The Balaban J connectivity index is 1.83. The molecule has 148 valence electrons. The van der Waals surface area contributed by atoms with Gasteiger partial charge in [-0.25, -0.2) is 4.79 Å². The van der Waals surface area contributed by atoms with E-state index in [4.69, 9.17) is 9.47 Å². The van der Waals surface area contributed by atoms with E-state index in [1.807, 2.05) is 6.92 Å². The lowest BCUT2D eigenvalue weighted by atomic mass is 9.55. The van der Waals surface area contributed by atoms with Gasteiger partial charge in [0, 0.05) is 30.3 Å². The minimum Gasteiger partial charge on any atom is -0.511 e. The van der Waals surface area contributed by atoms with E-state index in [0.29, 0.717) is 19.3 Å². The van der Waals surface area contributed by atoms with Gasteiger partial charge < -0.3 is 24.8 Å². The summed E-state index contributed by atoms with van der Waals surface area (Å²) >= 11 is 0. The van der Waals surface area contributed by atoms with Crippen molar-refractivity contribution in [1.29, 1.82) is 0 Å². The fourth-order valence-corrected chi connectivity index (χ4v) is 6.93. The molecule has 7 nitrogen and oxygen atoms in total. The molecule has 7 heteroatoms. The molecule has 2 saturated carbocycles. The molecule has 6 aliphatic rings. The van der Waals surface area contributed by atoms with Gasteiger partial charge in [0.15, 0.2) is 11.2 Å². The molecule has 0 amide bonds. The number of hydrogen-bond donors (Lipinski definition) is 3. The smallest absolute Gasteiger partial charge is 0.341 e. The van der Waals surface area contributed by atoms with Gasteiger partial charge in [-0.1, -0.05) is 13.8 Å². The molecule has 0 unspecified atom stereocenters. The van der Waals surface area contributed by atoms with Gasteiger partial charge in [0.1, 0.15) is 17.1 Å². The topological polar surface area (TPSA) is 113 Å². The third kappa shape index (κ3) is 1.63. The van der Waals surface area contributed by atoms with Crippen molar-refractivity contribution in [2.75, 3.05) is 6.61 Å². The van der Waals surface area contributed by atoms with Crippen molar-refractivity contribution in [2.24, 2.45) is 29.6 Å². The monoisotopic (exact) mass is 378 g/mol. The zero-order valence-electron chi connectivity index (χ0n) is 15.8. The van der Waals surface area contributed by atoms with Crippen LogP contribution in [0.4, 0.5) is 0 Å². The molecule has 3 N–H and O–H groups in total. The molecule has 6 rings (SSSR count). The number of ketones is 1. The van der Waals surface area contributed by atoms with Crippen LogP contribution in [0.1, 0.15) is 40.0 Å². The Hall–Kier alpha value is -1.44. The lowest BCUT2D eigenvalue weighted by Crippen LogP contribution is -2.77. The SMILES string of the molecule is C[C@@H]1C[C@H](C)C(O)=C2C(=O)O[C@]34C[C@H](CO)[C@]5(C)O[C@]23[C@@H](C[C@H]4[C@@H]5O)C1=O. The number of Topliss-reactive ketones (excluding diaryl/α,β-unsaturated/α-hetero) is 1. The van der Waals surface area contributed by atoms with E-state index in [1.54, 1.807) is 13.8 Å². The molecule has 9 atom stereocenters. The number of aliphatic hydroxyl groups excluding tert-OH is 3. The van der Waals surface area contributed by atoms with E-state index < -0.39 is 46.6 Å². The molecule has 3 aliphatic carbocycles. The van der Waals surface area contributed by atoms with Crippen LogP contribution in [0.25, 0.3) is 0 Å². The average Bonchev–Trinajstić information content (AvgIpc) is 2.98. The van der Waals surface area contributed by atoms with Crippen LogP contribution in [0.15, 0.2) is 11.3 Å². The number of esters is 1. The molecule has 0 radical (unpaired) electrons. The first kappa shape index (κ1) is 17.6. The summed E-state index contributed by atoms with van der Waals surface area (Å²) in [5.41, 5.74) is -3.63. The summed E-state index contributed by atoms with van der Waals surface area (Å²) in [5.74, 6) is -2.91. The number of allylic oxidation sites excluding steroid dienone is 1. The molecular formula is C20H26O7. The quantitative estimate of drug-likeness (QED) is 0.580. The van der Waals surface area contributed by atoms with Crippen molar-refractivity contribution in [3.05, 3.63) is 11.3 Å². The van der Waals surface area contributed by atoms with Gasteiger partial charge >= 0.3 is 5.97 Å². The number of aliphatic hydroxyl groups is 3. The number of ether oxygens (including phenoxy) is 2. The molecule has 4 bridgehead atoms. The third-order valence-electron chi connectivity index (χ3n) is 8.25. The van der Waals surface area contributed by atoms with Crippen LogP contribution < -0.4 is 0 Å². The minimum absolute atomic E-state index is 0.00377. The first-order valence-electron chi connectivity index (χ1n) is 9.83. The lowest BCUT2D eigenvalue weighted by molar-refractivity contribution is -0.346. The summed E-state index contributed by atoms with van der Waals surface area (Å²) in [6, 6.07) is 0. The maximum Gasteiger partial charge on any atom is 0.341 e. The van der Waals surface area contributed by atoms with E-state index in [-0.39, 0.29) is 35.6 Å². The number of rotatable bonds is 1. The predicted molar refractivity (Wildman–Crippen MR) is 91.4 cm³/mol. The zero-order chi connectivity index (χ0) is 19.5. The lowest BCUT2D eigenvalue weighted by Gasteiger charge is -2.63. The summed E-state index contributed by atoms with van der Waals surface area (Å²) < 4.78 is 12.4. The van der Waals surface area contributed by atoms with Crippen molar-refractivity contribution in [2.45, 2.75) is 62.9 Å². The number of hydrogen-bond acceptors (Lipinski definition) is 7. The molecule has 0 aromatic rings. The molecule has 0 aromatic carbocycles. The number of carbonyl (C=O) groups is 2. The second-order valence-corrected chi connectivity index (χ2v) is 9.42. The second kappa shape index (κ2) is 4.93. The number of carbonyl (C=O) groups excluding carboxylic acids is 2. The van der Waals surface area contributed by atoms with Gasteiger partial charge in [0.25, 0.3) is 0 Å². The van der Waals surface area contributed by atoms with Crippen molar-refractivity contribution in [3.63, 3.8) is 0 Å². The van der Waals surface area contributed by atoms with E-state index in [9.17, 15) is 24.9 Å². The largest absolute Gasteiger partial charge is 0.511 e. The molecular weight excluding hydrogens is 352 g/mol. The Kier molecular flexibility index (Phi) is 3.22. The van der Waals surface area contributed by atoms with Crippen LogP contribution in [0, 0.1) is 29.6 Å². The summed E-state index contributed by atoms with van der Waals surface area (Å²) in [4.78, 5) is 26.3. The highest BCUT2D eigenvalue weighted by Gasteiger charge is 2.87. The minimum atomic E-state index is -1.38. The average molecular weight is 378 g/mol. The Morgan fingerprint density at radius 3 is 2.56 bits per heavy atom. The van der Waals surface area contributed by atoms with E-state index in [2.05, 4.69) is 0 Å². The standard InChI is InChI=1S/C20H26O7/c1-8-4-9(2)15(23)13-17(25)26-19-6-10(7-21)18(3)16(24)12(19)5-11(14(8)22)20(13,19)27-18/h8-12,16,21,23-24H,4-7H2,1-3H3/t8-,9+,10-,11+,12+,16+,18+,19+,20-/m1/s1. The van der Waals surface area contributed by atoms with Gasteiger partial charge in [-0.05, 0) is 26.2 Å².